The molecular weight excluding hydrogens is 408 g/mol. The van der Waals surface area contributed by atoms with Crippen LogP contribution in [-0.2, 0) is 4.79 Å². The fourth-order valence-corrected chi connectivity index (χ4v) is 11.5. The minimum Gasteiger partial charge on any atom is -0.481 e. The molecule has 0 aromatic rings. The summed E-state index contributed by atoms with van der Waals surface area (Å²) in [5, 5.41) is 21.4. The quantitative estimate of drug-likeness (QED) is 0.436. The van der Waals surface area contributed by atoms with Crippen LogP contribution in [-0.4, -0.2) is 22.3 Å². The number of fused-ring (bicyclic) bond motifs is 7. The van der Waals surface area contributed by atoms with E-state index in [-0.39, 0.29) is 33.7 Å². The summed E-state index contributed by atoms with van der Waals surface area (Å²) < 4.78 is 0. The van der Waals surface area contributed by atoms with Gasteiger partial charge in [-0.3, -0.25) is 4.79 Å². The first kappa shape index (κ1) is 23.9. The molecule has 0 heterocycles. The van der Waals surface area contributed by atoms with Crippen LogP contribution < -0.4 is 0 Å². The summed E-state index contributed by atoms with van der Waals surface area (Å²) in [5.41, 5.74) is 1.35. The Morgan fingerprint density at radius 2 is 1.52 bits per heavy atom. The molecule has 0 spiro atoms. The van der Waals surface area contributed by atoms with Gasteiger partial charge in [0.05, 0.1) is 11.5 Å². The second-order valence-corrected chi connectivity index (χ2v) is 14.5. The molecule has 0 aliphatic heterocycles. The largest absolute Gasteiger partial charge is 0.481 e. The number of aliphatic hydroxyl groups is 1. The normalized spacial score (nSPS) is 55.0. The van der Waals surface area contributed by atoms with Crippen LogP contribution in [0, 0.1) is 56.7 Å². The van der Waals surface area contributed by atoms with Crippen LogP contribution >= 0.6 is 0 Å². The number of carbonyl (C=O) groups is 1. The highest BCUT2D eigenvalue weighted by atomic mass is 16.4. The average Bonchev–Trinajstić information content (AvgIpc) is 3.13. The second-order valence-electron chi connectivity index (χ2n) is 14.5. The minimum atomic E-state index is -0.538. The van der Waals surface area contributed by atoms with E-state index < -0.39 is 11.4 Å². The van der Waals surface area contributed by atoms with E-state index in [2.05, 4.69) is 48.1 Å². The Hall–Kier alpha value is -0.830. The number of aliphatic hydroxyl groups excluding tert-OH is 1. The molecule has 10 atom stereocenters. The standard InChI is InChI=1S/C30H48O3/c1-18(2)19-10-15-30(25(32)33)17-16-28(6)20(24(19)30)8-9-22-27(5)13-12-23(31)26(3,4)21(27)11-14-29(22,28)7/h19-24,31H,1,8-17H2,2-7H3,(H,32,33)/t19-,20-,21-,22-,23-,24-,27-,28+,29+,30-/m0/s1. The number of carboxylic acid groups (broad SMARTS) is 1. The maximum absolute atomic E-state index is 12.8. The van der Waals surface area contributed by atoms with E-state index in [0.717, 1.165) is 38.5 Å². The summed E-state index contributed by atoms with van der Waals surface area (Å²) in [5.74, 6) is 1.79. The molecule has 0 aromatic heterocycles. The van der Waals surface area contributed by atoms with Gasteiger partial charge in [0.2, 0.25) is 0 Å². The SMILES string of the molecule is C=C(C)[C@@H]1CC[C@]2(C(=O)O)CC[C@]3(C)[C@@H](CC[C@H]4[C@@]5(C)CC[C@H](O)C(C)(C)[C@@H]5CC[C@]43C)[C@H]12. The zero-order valence-corrected chi connectivity index (χ0v) is 22.0. The van der Waals surface area contributed by atoms with E-state index in [1.807, 2.05) is 0 Å². The molecule has 186 valence electrons. The minimum absolute atomic E-state index is 0.0202. The average molecular weight is 457 g/mol. The van der Waals surface area contributed by atoms with E-state index >= 15 is 0 Å². The first-order valence-electron chi connectivity index (χ1n) is 13.8. The van der Waals surface area contributed by atoms with Crippen molar-refractivity contribution < 1.29 is 15.0 Å². The van der Waals surface area contributed by atoms with Gasteiger partial charge in [-0.1, -0.05) is 46.8 Å². The van der Waals surface area contributed by atoms with Gasteiger partial charge >= 0.3 is 5.97 Å². The molecule has 0 aromatic carbocycles. The van der Waals surface area contributed by atoms with Crippen molar-refractivity contribution in [2.24, 2.45) is 56.7 Å². The fraction of sp³-hybridized carbons (Fsp3) is 0.900. The predicted octanol–water partition coefficient (Wildman–Crippen LogP) is 7.09. The number of rotatable bonds is 2. The molecule has 3 heteroatoms. The van der Waals surface area contributed by atoms with Crippen LogP contribution in [0.1, 0.15) is 106 Å². The molecule has 3 nitrogen and oxygen atoms in total. The fourth-order valence-electron chi connectivity index (χ4n) is 11.5. The topological polar surface area (TPSA) is 57.5 Å². The summed E-state index contributed by atoms with van der Waals surface area (Å²) in [6.07, 6.45) is 10.5. The van der Waals surface area contributed by atoms with Crippen LogP contribution in [0.3, 0.4) is 0 Å². The molecule has 0 bridgehead atoms. The molecule has 5 fully saturated rings. The van der Waals surface area contributed by atoms with Crippen LogP contribution in [0.2, 0.25) is 0 Å². The Morgan fingerprint density at radius 3 is 2.15 bits per heavy atom. The maximum atomic E-state index is 12.8. The van der Waals surface area contributed by atoms with Gasteiger partial charge in [-0.25, -0.2) is 0 Å². The summed E-state index contributed by atoms with van der Waals surface area (Å²) in [6, 6.07) is 0. The van der Waals surface area contributed by atoms with Crippen LogP contribution in [0.4, 0.5) is 0 Å². The van der Waals surface area contributed by atoms with Gasteiger partial charge in [-0.05, 0) is 122 Å². The third-order valence-corrected chi connectivity index (χ3v) is 13.5. The van der Waals surface area contributed by atoms with Crippen molar-refractivity contribution >= 4 is 5.97 Å². The van der Waals surface area contributed by atoms with Gasteiger partial charge in [0, 0.05) is 0 Å². The summed E-state index contributed by atoms with van der Waals surface area (Å²) >= 11 is 0. The first-order chi connectivity index (χ1) is 15.3. The van der Waals surface area contributed by atoms with E-state index in [1.165, 1.54) is 31.3 Å². The molecule has 2 N–H and O–H groups in total. The van der Waals surface area contributed by atoms with Crippen molar-refractivity contribution in [3.8, 4) is 0 Å². The lowest BCUT2D eigenvalue weighted by Crippen LogP contribution is -2.67. The second kappa shape index (κ2) is 7.11. The van der Waals surface area contributed by atoms with Crippen LogP contribution in [0.25, 0.3) is 0 Å². The molecule has 33 heavy (non-hydrogen) atoms. The lowest BCUT2D eigenvalue weighted by molar-refractivity contribution is -0.248. The molecule has 0 amide bonds. The molecule has 0 unspecified atom stereocenters. The molecule has 5 aliphatic rings. The highest BCUT2D eigenvalue weighted by Crippen LogP contribution is 2.77. The van der Waals surface area contributed by atoms with E-state index in [0.29, 0.717) is 23.7 Å². The smallest absolute Gasteiger partial charge is 0.309 e. The first-order valence-corrected chi connectivity index (χ1v) is 13.8. The van der Waals surface area contributed by atoms with Crippen LogP contribution in [0.5, 0.6) is 0 Å². The highest BCUT2D eigenvalue weighted by Gasteiger charge is 2.71. The third-order valence-electron chi connectivity index (χ3n) is 13.5. The van der Waals surface area contributed by atoms with E-state index in [1.54, 1.807) is 0 Å². The van der Waals surface area contributed by atoms with Crippen molar-refractivity contribution in [3.05, 3.63) is 12.2 Å². The molecular formula is C30H48O3. The number of allylic oxidation sites excluding steroid dienone is 1. The zero-order chi connectivity index (χ0) is 24.2. The zero-order valence-electron chi connectivity index (χ0n) is 22.0. The van der Waals surface area contributed by atoms with Gasteiger partial charge in [0.25, 0.3) is 0 Å². The Labute approximate surface area is 201 Å². The van der Waals surface area contributed by atoms with Crippen molar-refractivity contribution in [2.75, 3.05) is 0 Å². The summed E-state index contributed by atoms with van der Waals surface area (Å²) in [4.78, 5) is 12.8. The third kappa shape index (κ3) is 2.75. The van der Waals surface area contributed by atoms with Gasteiger partial charge in [0.1, 0.15) is 0 Å². The Morgan fingerprint density at radius 1 is 0.818 bits per heavy atom. The van der Waals surface area contributed by atoms with Crippen LogP contribution in [0.15, 0.2) is 12.2 Å². The monoisotopic (exact) mass is 456 g/mol. The highest BCUT2D eigenvalue weighted by molar-refractivity contribution is 5.76. The van der Waals surface area contributed by atoms with E-state index in [9.17, 15) is 15.0 Å². The molecule has 0 radical (unpaired) electrons. The number of hydrogen-bond acceptors (Lipinski definition) is 2. The lowest BCUT2D eigenvalue weighted by atomic mass is 9.32. The number of hydrogen-bond donors (Lipinski definition) is 2. The Balaban J connectivity index is 1.57. The molecule has 5 saturated carbocycles. The van der Waals surface area contributed by atoms with Gasteiger partial charge in [0.15, 0.2) is 0 Å². The van der Waals surface area contributed by atoms with Gasteiger partial charge < -0.3 is 10.2 Å². The van der Waals surface area contributed by atoms with Gasteiger partial charge in [-0.15, -0.1) is 0 Å². The Kier molecular flexibility index (Phi) is 5.15. The number of aliphatic carboxylic acids is 1. The lowest BCUT2D eigenvalue weighted by Gasteiger charge is -2.72. The Bertz CT molecular complexity index is 861. The van der Waals surface area contributed by atoms with Crippen molar-refractivity contribution in [2.45, 2.75) is 112 Å². The molecule has 0 saturated heterocycles. The van der Waals surface area contributed by atoms with Gasteiger partial charge in [-0.2, -0.15) is 0 Å². The van der Waals surface area contributed by atoms with Crippen molar-refractivity contribution in [1.82, 2.24) is 0 Å². The van der Waals surface area contributed by atoms with Crippen molar-refractivity contribution in [3.63, 3.8) is 0 Å². The predicted molar refractivity (Wildman–Crippen MR) is 133 cm³/mol. The van der Waals surface area contributed by atoms with E-state index in [4.69, 9.17) is 0 Å². The summed E-state index contributed by atoms with van der Waals surface area (Å²) in [6.45, 7) is 18.8. The molecule has 5 rings (SSSR count). The molecule has 5 aliphatic carbocycles. The summed E-state index contributed by atoms with van der Waals surface area (Å²) in [7, 11) is 0. The number of carboxylic acids is 1. The maximum Gasteiger partial charge on any atom is 0.309 e. The van der Waals surface area contributed by atoms with Crippen molar-refractivity contribution in [1.29, 1.82) is 0 Å².